The Bertz CT molecular complexity index is 531. The van der Waals surface area contributed by atoms with E-state index < -0.39 is 0 Å². The molecule has 1 heteroatoms. The van der Waals surface area contributed by atoms with E-state index in [2.05, 4.69) is 60.3 Å². The minimum Gasteiger partial charge on any atom is -0.198 e. The predicted molar refractivity (Wildman–Crippen MR) is 73.5 cm³/mol. The van der Waals surface area contributed by atoms with E-state index in [0.717, 1.165) is 0 Å². The second-order valence-electron chi connectivity index (χ2n) is 5.24. The third-order valence-electron chi connectivity index (χ3n) is 4.04. The molecule has 2 aromatic rings. The number of aromatic nitrogens is 1. The third kappa shape index (κ3) is 2.17. The second-order valence-corrected chi connectivity index (χ2v) is 5.24. The lowest BCUT2D eigenvalue weighted by Gasteiger charge is -2.15. The molecule has 0 saturated carbocycles. The van der Waals surface area contributed by atoms with Crippen molar-refractivity contribution >= 4 is 0 Å². The Balaban J connectivity index is 1.93. The molecule has 0 bridgehead atoms. The first kappa shape index (κ1) is 11.5. The lowest BCUT2D eigenvalue weighted by molar-refractivity contribution is -0.710. The Morgan fingerprint density at radius 3 is 2.44 bits per heavy atom. The Kier molecular flexibility index (Phi) is 3.14. The molecule has 0 amide bonds. The fourth-order valence-corrected chi connectivity index (χ4v) is 2.83. The number of benzene rings is 1. The van der Waals surface area contributed by atoms with Crippen LogP contribution in [0.5, 0.6) is 0 Å². The van der Waals surface area contributed by atoms with Crippen molar-refractivity contribution in [1.82, 2.24) is 0 Å². The zero-order valence-corrected chi connectivity index (χ0v) is 11.0. The minimum absolute atomic E-state index is 0.415. The summed E-state index contributed by atoms with van der Waals surface area (Å²) in [5.41, 5.74) is 4.47. The van der Waals surface area contributed by atoms with Crippen molar-refractivity contribution in [3.63, 3.8) is 0 Å². The fourth-order valence-electron chi connectivity index (χ4n) is 2.83. The van der Waals surface area contributed by atoms with Crippen molar-refractivity contribution in [1.29, 1.82) is 0 Å². The highest BCUT2D eigenvalue weighted by Gasteiger charge is 2.18. The van der Waals surface area contributed by atoms with Crippen LogP contribution in [-0.2, 0) is 12.8 Å². The molecule has 0 spiro atoms. The lowest BCUT2D eigenvalue weighted by Crippen LogP contribution is -2.38. The molecule has 1 aliphatic rings. The number of pyridine rings is 1. The van der Waals surface area contributed by atoms with Gasteiger partial charge < -0.3 is 0 Å². The molecule has 1 nitrogen and oxygen atoms in total. The summed E-state index contributed by atoms with van der Waals surface area (Å²) in [6.45, 7) is 2.27. The van der Waals surface area contributed by atoms with Gasteiger partial charge in [0.05, 0.1) is 0 Å². The van der Waals surface area contributed by atoms with Crippen molar-refractivity contribution in [2.45, 2.75) is 38.6 Å². The van der Waals surface area contributed by atoms with Crippen LogP contribution in [0, 0.1) is 0 Å². The molecule has 18 heavy (non-hydrogen) atoms. The van der Waals surface area contributed by atoms with Gasteiger partial charge in [-0.25, -0.2) is 0 Å². The highest BCUT2D eigenvalue weighted by Crippen LogP contribution is 2.20. The molecule has 0 fully saturated rings. The van der Waals surface area contributed by atoms with Gasteiger partial charge in [0, 0.05) is 24.1 Å². The highest BCUT2D eigenvalue weighted by atomic mass is 15.0. The highest BCUT2D eigenvalue weighted by molar-refractivity contribution is 5.24. The van der Waals surface area contributed by atoms with Crippen LogP contribution in [-0.4, -0.2) is 0 Å². The molecular weight excluding hydrogens is 218 g/mol. The molecule has 92 valence electrons. The van der Waals surface area contributed by atoms with Gasteiger partial charge in [-0.2, -0.15) is 4.57 Å². The van der Waals surface area contributed by atoms with Gasteiger partial charge in [0.25, 0.3) is 0 Å². The molecular formula is C17H20N+. The SMILES string of the molecule is C[C@H](c1ccccc1)[n+]1ccc2c(c1)CCCC2. The molecule has 1 atom stereocenters. The first-order chi connectivity index (χ1) is 8.84. The molecule has 0 aliphatic heterocycles. The lowest BCUT2D eigenvalue weighted by atomic mass is 9.93. The van der Waals surface area contributed by atoms with Crippen molar-refractivity contribution < 1.29 is 4.57 Å². The van der Waals surface area contributed by atoms with Crippen LogP contribution >= 0.6 is 0 Å². The summed E-state index contributed by atoms with van der Waals surface area (Å²) >= 11 is 0. The summed E-state index contributed by atoms with van der Waals surface area (Å²) < 4.78 is 2.35. The Hall–Kier alpha value is -1.63. The van der Waals surface area contributed by atoms with E-state index in [1.165, 1.54) is 31.2 Å². The summed E-state index contributed by atoms with van der Waals surface area (Å²) in [4.78, 5) is 0. The maximum atomic E-state index is 2.35. The monoisotopic (exact) mass is 238 g/mol. The fraction of sp³-hybridized carbons (Fsp3) is 0.353. The molecule has 3 rings (SSSR count). The van der Waals surface area contributed by atoms with Gasteiger partial charge in [0.15, 0.2) is 18.4 Å². The first-order valence-electron chi connectivity index (χ1n) is 6.92. The minimum atomic E-state index is 0.415. The topological polar surface area (TPSA) is 3.88 Å². The van der Waals surface area contributed by atoms with E-state index in [1.54, 1.807) is 11.1 Å². The van der Waals surface area contributed by atoms with Crippen molar-refractivity contribution in [3.8, 4) is 0 Å². The maximum Gasteiger partial charge on any atom is 0.180 e. The second kappa shape index (κ2) is 4.93. The Morgan fingerprint density at radius 1 is 0.944 bits per heavy atom. The van der Waals surface area contributed by atoms with E-state index in [9.17, 15) is 0 Å². The molecule has 0 saturated heterocycles. The molecule has 0 N–H and O–H groups in total. The summed E-state index contributed by atoms with van der Waals surface area (Å²) in [6.07, 6.45) is 9.80. The van der Waals surface area contributed by atoms with E-state index in [-0.39, 0.29) is 0 Å². The normalized spacial score (nSPS) is 16.1. The average Bonchev–Trinajstić information content (AvgIpc) is 2.47. The summed E-state index contributed by atoms with van der Waals surface area (Å²) in [6, 6.07) is 13.4. The van der Waals surface area contributed by atoms with E-state index >= 15 is 0 Å². The van der Waals surface area contributed by atoms with Crippen LogP contribution in [0.4, 0.5) is 0 Å². The van der Waals surface area contributed by atoms with Crippen molar-refractivity contribution in [2.75, 3.05) is 0 Å². The van der Waals surface area contributed by atoms with Gasteiger partial charge >= 0.3 is 0 Å². The number of fused-ring (bicyclic) bond motifs is 1. The number of aryl methyl sites for hydroxylation is 2. The maximum absolute atomic E-state index is 2.35. The zero-order valence-electron chi connectivity index (χ0n) is 11.0. The quantitative estimate of drug-likeness (QED) is 0.705. The van der Waals surface area contributed by atoms with Gasteiger partial charge in [-0.3, -0.25) is 0 Å². The largest absolute Gasteiger partial charge is 0.198 e. The van der Waals surface area contributed by atoms with E-state index in [1.807, 2.05) is 0 Å². The summed E-state index contributed by atoms with van der Waals surface area (Å²) in [5, 5.41) is 0. The van der Waals surface area contributed by atoms with Gasteiger partial charge in [-0.05, 0) is 31.2 Å². The van der Waals surface area contributed by atoms with E-state index in [0.29, 0.717) is 6.04 Å². The summed E-state index contributed by atoms with van der Waals surface area (Å²) in [5.74, 6) is 0. The van der Waals surface area contributed by atoms with Crippen molar-refractivity contribution in [2.24, 2.45) is 0 Å². The molecule has 0 radical (unpaired) electrons. The first-order valence-corrected chi connectivity index (χ1v) is 6.92. The predicted octanol–water partition coefficient (Wildman–Crippen LogP) is 3.46. The molecule has 1 aromatic heterocycles. The smallest absolute Gasteiger partial charge is 0.180 e. The Morgan fingerprint density at radius 2 is 1.67 bits per heavy atom. The molecule has 0 unspecified atom stereocenters. The number of hydrogen-bond acceptors (Lipinski definition) is 0. The Labute approximate surface area is 109 Å². The van der Waals surface area contributed by atoms with Gasteiger partial charge in [0.2, 0.25) is 0 Å². The van der Waals surface area contributed by atoms with Crippen LogP contribution in [0.1, 0.15) is 42.5 Å². The van der Waals surface area contributed by atoms with E-state index in [4.69, 9.17) is 0 Å². The average molecular weight is 238 g/mol. The van der Waals surface area contributed by atoms with Gasteiger partial charge in [0.1, 0.15) is 0 Å². The van der Waals surface area contributed by atoms with Crippen LogP contribution in [0.25, 0.3) is 0 Å². The number of rotatable bonds is 2. The molecule has 1 aliphatic carbocycles. The number of nitrogens with zero attached hydrogens (tertiary/aromatic N) is 1. The van der Waals surface area contributed by atoms with Crippen LogP contribution < -0.4 is 4.57 Å². The van der Waals surface area contributed by atoms with Crippen molar-refractivity contribution in [3.05, 3.63) is 65.5 Å². The van der Waals surface area contributed by atoms with Gasteiger partial charge in [-0.1, -0.05) is 30.3 Å². The summed E-state index contributed by atoms with van der Waals surface area (Å²) in [7, 11) is 0. The van der Waals surface area contributed by atoms with Gasteiger partial charge in [-0.15, -0.1) is 0 Å². The molecule has 1 heterocycles. The third-order valence-corrected chi connectivity index (χ3v) is 4.04. The van der Waals surface area contributed by atoms with Crippen LogP contribution in [0.15, 0.2) is 48.8 Å². The van der Waals surface area contributed by atoms with Crippen LogP contribution in [0.2, 0.25) is 0 Å². The number of hydrogen-bond donors (Lipinski definition) is 0. The standard InChI is InChI=1S/C17H20N/c1-14(15-7-3-2-4-8-15)18-12-11-16-9-5-6-10-17(16)13-18/h2-4,7-8,11-14H,5-6,9-10H2,1H3/q+1/t14-/m1/s1. The zero-order chi connectivity index (χ0) is 12.4. The molecule has 1 aromatic carbocycles. The van der Waals surface area contributed by atoms with Crippen LogP contribution in [0.3, 0.4) is 0 Å².